The van der Waals surface area contributed by atoms with Crippen LogP contribution in [0.4, 0.5) is 5.82 Å². The van der Waals surface area contributed by atoms with Gasteiger partial charge in [0.2, 0.25) is 0 Å². The van der Waals surface area contributed by atoms with E-state index in [0.29, 0.717) is 26.1 Å². The molecule has 0 saturated carbocycles. The molecule has 0 spiro atoms. The van der Waals surface area contributed by atoms with Crippen molar-refractivity contribution in [1.29, 1.82) is 0 Å². The SMILES string of the molecule is CCOC(=O)CCN(Cc1ccccc1)c1ccnc(SC)n1. The molecule has 6 heteroatoms. The smallest absolute Gasteiger partial charge is 0.307 e. The van der Waals surface area contributed by atoms with Crippen LogP contribution in [0.1, 0.15) is 18.9 Å². The summed E-state index contributed by atoms with van der Waals surface area (Å²) in [7, 11) is 0. The van der Waals surface area contributed by atoms with Gasteiger partial charge in [0, 0.05) is 19.3 Å². The Hall–Kier alpha value is -2.08. The van der Waals surface area contributed by atoms with E-state index < -0.39 is 0 Å². The molecule has 5 nitrogen and oxygen atoms in total. The first-order valence-electron chi connectivity index (χ1n) is 7.54. The molecule has 0 saturated heterocycles. The van der Waals surface area contributed by atoms with Gasteiger partial charge >= 0.3 is 5.97 Å². The van der Waals surface area contributed by atoms with E-state index in [1.807, 2.05) is 37.4 Å². The lowest BCUT2D eigenvalue weighted by atomic mass is 10.2. The molecule has 0 aliphatic carbocycles. The van der Waals surface area contributed by atoms with Crippen molar-refractivity contribution < 1.29 is 9.53 Å². The van der Waals surface area contributed by atoms with Crippen molar-refractivity contribution >= 4 is 23.5 Å². The number of rotatable bonds is 8. The summed E-state index contributed by atoms with van der Waals surface area (Å²) >= 11 is 1.50. The summed E-state index contributed by atoms with van der Waals surface area (Å²) in [6.07, 6.45) is 4.02. The molecule has 0 atom stereocenters. The number of hydrogen-bond acceptors (Lipinski definition) is 6. The Morgan fingerprint density at radius 3 is 2.74 bits per heavy atom. The second-order valence-corrected chi connectivity index (χ2v) is 5.64. The van der Waals surface area contributed by atoms with Crippen molar-refractivity contribution in [2.75, 3.05) is 24.3 Å². The third-order valence-corrected chi connectivity index (χ3v) is 3.79. The first kappa shape index (κ1) is 17.3. The Balaban J connectivity index is 2.14. The van der Waals surface area contributed by atoms with Crippen molar-refractivity contribution in [2.24, 2.45) is 0 Å². The molecule has 23 heavy (non-hydrogen) atoms. The number of benzene rings is 1. The third-order valence-electron chi connectivity index (χ3n) is 3.23. The van der Waals surface area contributed by atoms with Crippen molar-refractivity contribution in [2.45, 2.75) is 25.0 Å². The molecule has 0 fully saturated rings. The number of aromatic nitrogens is 2. The van der Waals surface area contributed by atoms with Crippen LogP contribution in [0, 0.1) is 0 Å². The maximum atomic E-state index is 11.7. The minimum atomic E-state index is -0.190. The second-order valence-electron chi connectivity index (χ2n) is 4.86. The molecule has 1 aromatic heterocycles. The summed E-state index contributed by atoms with van der Waals surface area (Å²) in [6, 6.07) is 12.0. The van der Waals surface area contributed by atoms with E-state index >= 15 is 0 Å². The van der Waals surface area contributed by atoms with E-state index in [1.54, 1.807) is 6.20 Å². The lowest BCUT2D eigenvalue weighted by Gasteiger charge is -2.23. The zero-order valence-corrected chi connectivity index (χ0v) is 14.3. The number of thioether (sulfide) groups is 1. The van der Waals surface area contributed by atoms with Gasteiger partial charge in [-0.1, -0.05) is 42.1 Å². The Morgan fingerprint density at radius 1 is 1.26 bits per heavy atom. The highest BCUT2D eigenvalue weighted by Crippen LogP contribution is 2.18. The quantitative estimate of drug-likeness (QED) is 0.421. The number of ether oxygens (including phenoxy) is 1. The van der Waals surface area contributed by atoms with Crippen LogP contribution in [0.2, 0.25) is 0 Å². The summed E-state index contributed by atoms with van der Waals surface area (Å²) < 4.78 is 5.02. The summed E-state index contributed by atoms with van der Waals surface area (Å²) in [4.78, 5) is 22.5. The molecule has 2 aromatic rings. The predicted octanol–water partition coefficient (Wildman–Crippen LogP) is 3.16. The zero-order valence-electron chi connectivity index (χ0n) is 13.4. The number of esters is 1. The van der Waals surface area contributed by atoms with Crippen LogP contribution in [0.25, 0.3) is 0 Å². The summed E-state index contributed by atoms with van der Waals surface area (Å²) in [6.45, 7) is 3.46. The highest BCUT2D eigenvalue weighted by Gasteiger charge is 2.13. The number of carbonyl (C=O) groups is 1. The number of nitrogens with zero attached hydrogens (tertiary/aromatic N) is 3. The molecule has 0 bridgehead atoms. The molecule has 0 unspecified atom stereocenters. The number of carbonyl (C=O) groups excluding carboxylic acids is 1. The molecule has 0 N–H and O–H groups in total. The van der Waals surface area contributed by atoms with E-state index in [1.165, 1.54) is 17.3 Å². The van der Waals surface area contributed by atoms with Crippen LogP contribution in [-0.2, 0) is 16.1 Å². The lowest BCUT2D eigenvalue weighted by molar-refractivity contribution is -0.142. The van der Waals surface area contributed by atoms with Gasteiger partial charge in [0.15, 0.2) is 5.16 Å². The van der Waals surface area contributed by atoms with Gasteiger partial charge in [0.05, 0.1) is 13.0 Å². The minimum absolute atomic E-state index is 0.190. The van der Waals surface area contributed by atoms with Crippen molar-refractivity contribution in [3.63, 3.8) is 0 Å². The van der Waals surface area contributed by atoms with Gasteiger partial charge < -0.3 is 9.64 Å². The molecule has 1 heterocycles. The van der Waals surface area contributed by atoms with Gasteiger partial charge in [-0.3, -0.25) is 4.79 Å². The summed E-state index contributed by atoms with van der Waals surface area (Å²) in [5, 5.41) is 0.719. The molecule has 2 rings (SSSR count). The summed E-state index contributed by atoms with van der Waals surface area (Å²) in [5.41, 5.74) is 1.17. The normalized spacial score (nSPS) is 10.3. The van der Waals surface area contributed by atoms with Gasteiger partial charge in [-0.15, -0.1) is 0 Å². The van der Waals surface area contributed by atoms with Crippen molar-refractivity contribution in [1.82, 2.24) is 9.97 Å². The second kappa shape index (κ2) is 9.15. The Morgan fingerprint density at radius 2 is 2.04 bits per heavy atom. The molecule has 122 valence electrons. The fourth-order valence-electron chi connectivity index (χ4n) is 2.14. The van der Waals surface area contributed by atoms with E-state index in [4.69, 9.17) is 4.74 Å². The van der Waals surface area contributed by atoms with Gasteiger partial charge in [0.1, 0.15) is 5.82 Å². The average Bonchev–Trinajstić information content (AvgIpc) is 2.60. The molecule has 1 aromatic carbocycles. The topological polar surface area (TPSA) is 55.3 Å². The monoisotopic (exact) mass is 331 g/mol. The maximum absolute atomic E-state index is 11.7. The molecule has 0 aliphatic heterocycles. The van der Waals surface area contributed by atoms with Gasteiger partial charge in [-0.2, -0.15) is 0 Å². The minimum Gasteiger partial charge on any atom is -0.466 e. The van der Waals surface area contributed by atoms with E-state index in [2.05, 4.69) is 27.0 Å². The van der Waals surface area contributed by atoms with E-state index in [0.717, 1.165) is 11.0 Å². The standard InChI is InChI=1S/C17H21N3O2S/c1-3-22-16(21)10-12-20(13-14-7-5-4-6-8-14)15-9-11-18-17(19-15)23-2/h4-9,11H,3,10,12-13H2,1-2H3. The summed E-state index contributed by atoms with van der Waals surface area (Å²) in [5.74, 6) is 0.627. The largest absolute Gasteiger partial charge is 0.466 e. The number of hydrogen-bond donors (Lipinski definition) is 0. The Labute approximate surface area is 141 Å². The fourth-order valence-corrected chi connectivity index (χ4v) is 2.50. The van der Waals surface area contributed by atoms with E-state index in [9.17, 15) is 4.79 Å². The van der Waals surface area contributed by atoms with Crippen LogP contribution < -0.4 is 4.90 Å². The average molecular weight is 331 g/mol. The molecule has 0 amide bonds. The van der Waals surface area contributed by atoms with Crippen molar-refractivity contribution in [3.8, 4) is 0 Å². The zero-order chi connectivity index (χ0) is 16.5. The van der Waals surface area contributed by atoms with Crippen LogP contribution in [-0.4, -0.2) is 35.3 Å². The molecular weight excluding hydrogens is 310 g/mol. The lowest BCUT2D eigenvalue weighted by Crippen LogP contribution is -2.27. The fraction of sp³-hybridized carbons (Fsp3) is 0.353. The molecular formula is C17H21N3O2S. The third kappa shape index (κ3) is 5.56. The highest BCUT2D eigenvalue weighted by atomic mass is 32.2. The first-order chi connectivity index (χ1) is 11.2. The van der Waals surface area contributed by atoms with Crippen LogP contribution in [0.15, 0.2) is 47.8 Å². The molecule has 0 radical (unpaired) electrons. The van der Waals surface area contributed by atoms with Crippen LogP contribution in [0.5, 0.6) is 0 Å². The van der Waals surface area contributed by atoms with Gasteiger partial charge in [-0.25, -0.2) is 9.97 Å². The van der Waals surface area contributed by atoms with Crippen molar-refractivity contribution in [3.05, 3.63) is 48.2 Å². The van der Waals surface area contributed by atoms with Gasteiger partial charge in [0.25, 0.3) is 0 Å². The van der Waals surface area contributed by atoms with Crippen LogP contribution >= 0.6 is 11.8 Å². The van der Waals surface area contributed by atoms with Gasteiger partial charge in [-0.05, 0) is 24.8 Å². The maximum Gasteiger partial charge on any atom is 0.307 e. The molecule has 0 aliphatic rings. The Bertz CT molecular complexity index is 622. The Kier molecular flexibility index (Phi) is 6.87. The van der Waals surface area contributed by atoms with Crippen LogP contribution in [0.3, 0.4) is 0 Å². The van der Waals surface area contributed by atoms with E-state index in [-0.39, 0.29) is 5.97 Å². The highest BCUT2D eigenvalue weighted by molar-refractivity contribution is 7.98. The number of anilines is 1. The predicted molar refractivity (Wildman–Crippen MR) is 92.6 cm³/mol. The first-order valence-corrected chi connectivity index (χ1v) is 8.77.